The number of nitrogens with zero attached hydrogens (tertiary/aromatic N) is 2. The number of carbonyl (C=O) groups excluding carboxylic acids is 1. The summed E-state index contributed by atoms with van der Waals surface area (Å²) in [7, 11) is 0. The highest BCUT2D eigenvalue weighted by atomic mass is 35.5. The summed E-state index contributed by atoms with van der Waals surface area (Å²) in [5.41, 5.74) is 4.67. The van der Waals surface area contributed by atoms with Gasteiger partial charge in [0, 0.05) is 58.7 Å². The van der Waals surface area contributed by atoms with Crippen molar-refractivity contribution in [2.24, 2.45) is 0 Å². The average Bonchev–Trinajstić information content (AvgIpc) is 2.84. The molecule has 172 valence electrons. The van der Waals surface area contributed by atoms with Gasteiger partial charge in [0.1, 0.15) is 0 Å². The number of anilines is 1. The quantitative estimate of drug-likeness (QED) is 0.311. The third-order valence-electron chi connectivity index (χ3n) is 5.48. The number of rotatable bonds is 6. The lowest BCUT2D eigenvalue weighted by Gasteiger charge is -2.18. The molecule has 4 nitrogen and oxygen atoms in total. The van der Waals surface area contributed by atoms with Crippen LogP contribution in [0.1, 0.15) is 25.8 Å². The summed E-state index contributed by atoms with van der Waals surface area (Å²) >= 11 is 6.02. The Bertz CT molecular complexity index is 1320. The molecule has 1 N–H and O–H groups in total. The van der Waals surface area contributed by atoms with Crippen molar-refractivity contribution in [3.05, 3.63) is 89.7 Å². The number of nitrogens with one attached hydrogen (secondary N) is 1. The SMILES string of the molecule is CCC(F)(F)c1ccc(NC(C)=O)c(-c2ccc(-c3nccnc3-c3ccc(Cl)cc3)cc2)c1. The molecule has 0 fully saturated rings. The van der Waals surface area contributed by atoms with Crippen LogP contribution in [-0.4, -0.2) is 15.9 Å². The largest absolute Gasteiger partial charge is 0.326 e. The van der Waals surface area contributed by atoms with Crippen molar-refractivity contribution < 1.29 is 13.6 Å². The van der Waals surface area contributed by atoms with Gasteiger partial charge in [-0.05, 0) is 29.8 Å². The lowest BCUT2D eigenvalue weighted by molar-refractivity contribution is -0.114. The van der Waals surface area contributed by atoms with Gasteiger partial charge in [0.05, 0.1) is 11.4 Å². The predicted octanol–water partition coefficient (Wildman–Crippen LogP) is 7.59. The second-order valence-corrected chi connectivity index (χ2v) is 8.27. The van der Waals surface area contributed by atoms with Crippen LogP contribution in [0.3, 0.4) is 0 Å². The third kappa shape index (κ3) is 4.97. The molecule has 1 heterocycles. The van der Waals surface area contributed by atoms with Crippen molar-refractivity contribution in [2.75, 3.05) is 5.32 Å². The molecule has 0 spiro atoms. The molecule has 34 heavy (non-hydrogen) atoms. The molecule has 3 aromatic carbocycles. The Kier molecular flexibility index (Phi) is 6.70. The van der Waals surface area contributed by atoms with Crippen molar-refractivity contribution in [2.45, 2.75) is 26.2 Å². The number of hydrogen-bond acceptors (Lipinski definition) is 3. The second kappa shape index (κ2) is 9.69. The molecule has 0 aliphatic heterocycles. The van der Waals surface area contributed by atoms with Gasteiger partial charge >= 0.3 is 0 Å². The topological polar surface area (TPSA) is 54.9 Å². The summed E-state index contributed by atoms with van der Waals surface area (Å²) in [6, 6.07) is 19.0. The minimum atomic E-state index is -2.96. The summed E-state index contributed by atoms with van der Waals surface area (Å²) < 4.78 is 28.8. The number of carbonyl (C=O) groups is 1. The van der Waals surface area contributed by atoms with Crippen molar-refractivity contribution in [3.63, 3.8) is 0 Å². The fraction of sp³-hybridized carbons (Fsp3) is 0.148. The number of benzene rings is 3. The van der Waals surface area contributed by atoms with Gasteiger partial charge in [0.2, 0.25) is 5.91 Å². The molecule has 4 aromatic rings. The Morgan fingerprint density at radius 3 is 1.94 bits per heavy atom. The summed E-state index contributed by atoms with van der Waals surface area (Å²) in [5, 5.41) is 3.36. The van der Waals surface area contributed by atoms with E-state index in [9.17, 15) is 13.6 Å². The maximum atomic E-state index is 14.4. The van der Waals surface area contributed by atoms with E-state index in [1.807, 2.05) is 36.4 Å². The Balaban J connectivity index is 1.76. The van der Waals surface area contributed by atoms with Crippen LogP contribution in [0.15, 0.2) is 79.1 Å². The molecule has 0 aliphatic rings. The fourth-order valence-electron chi connectivity index (χ4n) is 3.69. The van der Waals surface area contributed by atoms with Gasteiger partial charge in [0.15, 0.2) is 0 Å². The van der Waals surface area contributed by atoms with Crippen LogP contribution in [0, 0.1) is 0 Å². The van der Waals surface area contributed by atoms with E-state index in [0.29, 0.717) is 33.2 Å². The first-order valence-corrected chi connectivity index (χ1v) is 11.1. The van der Waals surface area contributed by atoms with Crippen molar-refractivity contribution in [3.8, 4) is 33.6 Å². The molecule has 0 saturated carbocycles. The summed E-state index contributed by atoms with van der Waals surface area (Å²) in [4.78, 5) is 20.7. The molecular weight excluding hydrogens is 456 g/mol. The average molecular weight is 478 g/mol. The fourth-order valence-corrected chi connectivity index (χ4v) is 3.82. The van der Waals surface area contributed by atoms with Gasteiger partial charge in [0.25, 0.3) is 5.92 Å². The summed E-state index contributed by atoms with van der Waals surface area (Å²) in [6.45, 7) is 2.82. The van der Waals surface area contributed by atoms with Gasteiger partial charge in [-0.1, -0.05) is 61.0 Å². The zero-order chi connectivity index (χ0) is 24.3. The Hall–Kier alpha value is -3.64. The highest BCUT2D eigenvalue weighted by Crippen LogP contribution is 2.38. The van der Waals surface area contributed by atoms with E-state index in [4.69, 9.17) is 11.6 Å². The molecule has 4 rings (SSSR count). The second-order valence-electron chi connectivity index (χ2n) is 7.84. The molecule has 0 radical (unpaired) electrons. The van der Waals surface area contributed by atoms with Gasteiger partial charge in [-0.3, -0.25) is 14.8 Å². The van der Waals surface area contributed by atoms with E-state index in [0.717, 1.165) is 11.1 Å². The summed E-state index contributed by atoms with van der Waals surface area (Å²) in [5.74, 6) is -3.24. The molecular formula is C27H22ClF2N3O. The molecule has 0 saturated heterocycles. The van der Waals surface area contributed by atoms with Gasteiger partial charge < -0.3 is 5.32 Å². The van der Waals surface area contributed by atoms with E-state index in [1.165, 1.54) is 32.0 Å². The molecule has 0 aliphatic carbocycles. The predicted molar refractivity (Wildman–Crippen MR) is 132 cm³/mol. The van der Waals surface area contributed by atoms with Crippen LogP contribution in [0.5, 0.6) is 0 Å². The zero-order valence-electron chi connectivity index (χ0n) is 18.6. The van der Waals surface area contributed by atoms with E-state index in [-0.39, 0.29) is 17.9 Å². The van der Waals surface area contributed by atoms with Crippen LogP contribution < -0.4 is 5.32 Å². The van der Waals surface area contributed by atoms with Crippen LogP contribution >= 0.6 is 11.6 Å². The van der Waals surface area contributed by atoms with Crippen molar-refractivity contribution in [1.29, 1.82) is 0 Å². The van der Waals surface area contributed by atoms with E-state index < -0.39 is 5.92 Å². The van der Waals surface area contributed by atoms with Crippen LogP contribution in [0.4, 0.5) is 14.5 Å². The molecule has 1 aromatic heterocycles. The Labute approximate surface area is 201 Å². The maximum Gasteiger partial charge on any atom is 0.273 e. The number of aromatic nitrogens is 2. The number of amides is 1. The van der Waals surface area contributed by atoms with Gasteiger partial charge in [-0.25, -0.2) is 8.78 Å². The first-order chi connectivity index (χ1) is 16.3. The Morgan fingerprint density at radius 2 is 1.41 bits per heavy atom. The summed E-state index contributed by atoms with van der Waals surface area (Å²) in [6.07, 6.45) is 2.93. The molecule has 0 bridgehead atoms. The normalized spacial score (nSPS) is 11.3. The minimum absolute atomic E-state index is 0.0953. The van der Waals surface area contributed by atoms with Gasteiger partial charge in [-0.2, -0.15) is 0 Å². The molecule has 7 heteroatoms. The van der Waals surface area contributed by atoms with Gasteiger partial charge in [-0.15, -0.1) is 0 Å². The smallest absolute Gasteiger partial charge is 0.273 e. The van der Waals surface area contributed by atoms with Crippen molar-refractivity contribution >= 4 is 23.2 Å². The maximum absolute atomic E-state index is 14.4. The minimum Gasteiger partial charge on any atom is -0.326 e. The molecule has 1 amide bonds. The molecule has 0 atom stereocenters. The number of halogens is 3. The van der Waals surface area contributed by atoms with Crippen LogP contribution in [-0.2, 0) is 10.7 Å². The van der Waals surface area contributed by atoms with Crippen LogP contribution in [0.25, 0.3) is 33.6 Å². The van der Waals surface area contributed by atoms with E-state index >= 15 is 0 Å². The standard InChI is InChI=1S/C27H22ClF2N3O/c1-3-27(29,30)21-10-13-24(33-17(2)34)23(16-21)18-4-6-19(7-5-18)25-26(32-15-14-31-25)20-8-11-22(28)12-9-20/h4-16H,3H2,1-2H3,(H,33,34). The number of hydrogen-bond donors (Lipinski definition) is 1. The first kappa shape index (κ1) is 23.5. The van der Waals surface area contributed by atoms with E-state index in [2.05, 4.69) is 15.3 Å². The zero-order valence-corrected chi connectivity index (χ0v) is 19.4. The highest BCUT2D eigenvalue weighted by Gasteiger charge is 2.29. The lowest BCUT2D eigenvalue weighted by atomic mass is 9.95. The Morgan fingerprint density at radius 1 is 0.882 bits per heavy atom. The lowest BCUT2D eigenvalue weighted by Crippen LogP contribution is -2.13. The van der Waals surface area contributed by atoms with E-state index in [1.54, 1.807) is 24.5 Å². The molecule has 0 unspecified atom stereocenters. The van der Waals surface area contributed by atoms with Crippen molar-refractivity contribution in [1.82, 2.24) is 9.97 Å². The monoisotopic (exact) mass is 477 g/mol. The number of alkyl halides is 2. The van der Waals surface area contributed by atoms with Crippen LogP contribution in [0.2, 0.25) is 5.02 Å². The third-order valence-corrected chi connectivity index (χ3v) is 5.73. The first-order valence-electron chi connectivity index (χ1n) is 10.8. The highest BCUT2D eigenvalue weighted by molar-refractivity contribution is 6.30.